The van der Waals surface area contributed by atoms with E-state index >= 15 is 0 Å². The van der Waals surface area contributed by atoms with Gasteiger partial charge >= 0.3 is 0 Å². The lowest BCUT2D eigenvalue weighted by molar-refractivity contribution is 0.0953. The maximum Gasteiger partial charge on any atom is 0.251 e. The lowest BCUT2D eigenvalue weighted by Gasteiger charge is -2.14. The van der Waals surface area contributed by atoms with Crippen molar-refractivity contribution >= 4 is 17.2 Å². The Morgan fingerprint density at radius 2 is 1.79 bits per heavy atom. The third kappa shape index (κ3) is 4.62. The van der Waals surface area contributed by atoms with Crippen molar-refractivity contribution < 1.29 is 19.0 Å². The minimum absolute atomic E-state index is 0.188. The molecular formula is C17H22N2O4S. The van der Waals surface area contributed by atoms with Gasteiger partial charge in [0.05, 0.1) is 21.3 Å². The van der Waals surface area contributed by atoms with Crippen LogP contribution in [0.15, 0.2) is 29.6 Å². The van der Waals surface area contributed by atoms with E-state index in [9.17, 15) is 4.79 Å². The average Bonchev–Trinajstić information content (AvgIpc) is 3.13. The van der Waals surface area contributed by atoms with Gasteiger partial charge in [0.2, 0.25) is 5.75 Å². The second-order valence-corrected chi connectivity index (χ2v) is 5.96. The normalized spacial score (nSPS) is 10.3. The number of hydrogen-bond donors (Lipinski definition) is 2. The van der Waals surface area contributed by atoms with E-state index < -0.39 is 0 Å². The van der Waals surface area contributed by atoms with Gasteiger partial charge in [0, 0.05) is 30.1 Å². The molecule has 1 aromatic carbocycles. The minimum Gasteiger partial charge on any atom is -0.493 e. The van der Waals surface area contributed by atoms with Crippen LogP contribution in [0.25, 0.3) is 0 Å². The molecular weight excluding hydrogens is 328 g/mol. The number of benzene rings is 1. The van der Waals surface area contributed by atoms with Crippen LogP contribution in [0.4, 0.5) is 0 Å². The standard InChI is InChI=1S/C17H22N2O4S/c1-21-14-9-12(10-15(22-2)16(14)23-3)17(20)19-7-6-18-11-13-5-4-8-24-13/h4-5,8-10,18H,6-7,11H2,1-3H3,(H,19,20). The number of nitrogens with one attached hydrogen (secondary N) is 2. The van der Waals surface area contributed by atoms with Crippen molar-refractivity contribution in [3.63, 3.8) is 0 Å². The zero-order valence-corrected chi connectivity index (χ0v) is 14.9. The molecule has 1 heterocycles. The highest BCUT2D eigenvalue weighted by Crippen LogP contribution is 2.38. The Balaban J connectivity index is 1.89. The summed E-state index contributed by atoms with van der Waals surface area (Å²) in [6, 6.07) is 7.37. The predicted molar refractivity (Wildman–Crippen MR) is 94.5 cm³/mol. The summed E-state index contributed by atoms with van der Waals surface area (Å²) in [5, 5.41) is 8.20. The Bertz CT molecular complexity index is 634. The van der Waals surface area contributed by atoms with Crippen molar-refractivity contribution in [2.75, 3.05) is 34.4 Å². The van der Waals surface area contributed by atoms with E-state index in [0.717, 1.165) is 6.54 Å². The van der Waals surface area contributed by atoms with Crippen molar-refractivity contribution in [2.24, 2.45) is 0 Å². The van der Waals surface area contributed by atoms with E-state index in [4.69, 9.17) is 14.2 Å². The molecule has 0 aliphatic heterocycles. The van der Waals surface area contributed by atoms with Gasteiger partial charge in [-0.1, -0.05) is 6.07 Å². The summed E-state index contributed by atoms with van der Waals surface area (Å²) in [4.78, 5) is 13.6. The van der Waals surface area contributed by atoms with Crippen molar-refractivity contribution in [2.45, 2.75) is 6.54 Å². The molecule has 2 rings (SSSR count). The van der Waals surface area contributed by atoms with Gasteiger partial charge in [0.25, 0.3) is 5.91 Å². The molecule has 1 aromatic heterocycles. The summed E-state index contributed by atoms with van der Waals surface area (Å²) < 4.78 is 15.8. The quantitative estimate of drug-likeness (QED) is 0.679. The molecule has 0 fully saturated rings. The summed E-state index contributed by atoms with van der Waals surface area (Å²) in [7, 11) is 4.57. The van der Waals surface area contributed by atoms with Crippen LogP contribution in [0.3, 0.4) is 0 Å². The molecule has 2 aromatic rings. The Morgan fingerprint density at radius 1 is 1.08 bits per heavy atom. The van der Waals surface area contributed by atoms with E-state index in [1.807, 2.05) is 11.4 Å². The predicted octanol–water partition coefficient (Wildman–Crippen LogP) is 2.29. The van der Waals surface area contributed by atoms with Crippen molar-refractivity contribution in [1.82, 2.24) is 10.6 Å². The van der Waals surface area contributed by atoms with Crippen LogP contribution in [0.1, 0.15) is 15.2 Å². The van der Waals surface area contributed by atoms with Crippen LogP contribution in [0.2, 0.25) is 0 Å². The molecule has 24 heavy (non-hydrogen) atoms. The second-order valence-electron chi connectivity index (χ2n) is 4.93. The van der Waals surface area contributed by atoms with Crippen LogP contribution in [-0.4, -0.2) is 40.3 Å². The maximum absolute atomic E-state index is 12.3. The zero-order valence-electron chi connectivity index (χ0n) is 14.0. The van der Waals surface area contributed by atoms with Gasteiger partial charge in [-0.05, 0) is 23.6 Å². The van der Waals surface area contributed by atoms with Gasteiger partial charge in [0.15, 0.2) is 11.5 Å². The highest BCUT2D eigenvalue weighted by Gasteiger charge is 2.16. The Labute approximate surface area is 145 Å². The highest BCUT2D eigenvalue weighted by atomic mass is 32.1. The molecule has 0 radical (unpaired) electrons. The van der Waals surface area contributed by atoms with Crippen LogP contribution in [0, 0.1) is 0 Å². The van der Waals surface area contributed by atoms with Gasteiger partial charge < -0.3 is 24.8 Å². The number of rotatable bonds is 9. The van der Waals surface area contributed by atoms with Gasteiger partial charge in [-0.2, -0.15) is 0 Å². The molecule has 6 nitrogen and oxygen atoms in total. The summed E-state index contributed by atoms with van der Waals surface area (Å²) in [5.74, 6) is 1.19. The molecule has 0 aliphatic rings. The Morgan fingerprint density at radius 3 is 2.33 bits per heavy atom. The van der Waals surface area contributed by atoms with Crippen LogP contribution < -0.4 is 24.8 Å². The summed E-state index contributed by atoms with van der Waals surface area (Å²) in [6.07, 6.45) is 0. The fraction of sp³-hybridized carbons (Fsp3) is 0.353. The number of hydrogen-bond acceptors (Lipinski definition) is 6. The van der Waals surface area contributed by atoms with E-state index in [-0.39, 0.29) is 5.91 Å². The monoisotopic (exact) mass is 350 g/mol. The fourth-order valence-corrected chi connectivity index (χ4v) is 2.88. The van der Waals surface area contributed by atoms with E-state index in [1.165, 1.54) is 26.2 Å². The smallest absolute Gasteiger partial charge is 0.251 e. The molecule has 0 saturated heterocycles. The molecule has 130 valence electrons. The molecule has 1 amide bonds. The van der Waals surface area contributed by atoms with Gasteiger partial charge in [-0.3, -0.25) is 4.79 Å². The van der Waals surface area contributed by atoms with Gasteiger partial charge in [-0.15, -0.1) is 11.3 Å². The summed E-state index contributed by atoms with van der Waals surface area (Å²) >= 11 is 1.71. The number of amides is 1. The summed E-state index contributed by atoms with van der Waals surface area (Å²) in [5.41, 5.74) is 0.461. The van der Waals surface area contributed by atoms with Crippen LogP contribution >= 0.6 is 11.3 Å². The average molecular weight is 350 g/mol. The minimum atomic E-state index is -0.188. The molecule has 0 aliphatic carbocycles. The lowest BCUT2D eigenvalue weighted by atomic mass is 10.1. The molecule has 0 spiro atoms. The fourth-order valence-electron chi connectivity index (χ4n) is 2.20. The molecule has 7 heteroatoms. The molecule has 0 saturated carbocycles. The number of thiophene rings is 1. The Kier molecular flexibility index (Phi) is 6.89. The van der Waals surface area contributed by atoms with Gasteiger partial charge in [-0.25, -0.2) is 0 Å². The number of methoxy groups -OCH3 is 3. The van der Waals surface area contributed by atoms with Gasteiger partial charge in [0.1, 0.15) is 0 Å². The summed E-state index contributed by atoms with van der Waals surface area (Å²) in [6.45, 7) is 2.02. The third-order valence-corrected chi connectivity index (χ3v) is 4.27. The first-order valence-corrected chi connectivity index (χ1v) is 8.38. The number of ether oxygens (including phenoxy) is 3. The van der Waals surface area contributed by atoms with Crippen molar-refractivity contribution in [1.29, 1.82) is 0 Å². The largest absolute Gasteiger partial charge is 0.493 e. The first-order valence-electron chi connectivity index (χ1n) is 7.51. The molecule has 0 unspecified atom stereocenters. The lowest BCUT2D eigenvalue weighted by Crippen LogP contribution is -2.31. The SMILES string of the molecule is COc1cc(C(=O)NCCNCc2cccs2)cc(OC)c1OC. The first kappa shape index (κ1) is 18.1. The van der Waals surface area contributed by atoms with E-state index in [2.05, 4.69) is 16.7 Å². The first-order chi connectivity index (χ1) is 11.7. The van der Waals surface area contributed by atoms with E-state index in [1.54, 1.807) is 23.5 Å². The highest BCUT2D eigenvalue weighted by molar-refractivity contribution is 7.09. The Hall–Kier alpha value is -2.25. The zero-order chi connectivity index (χ0) is 17.4. The second kappa shape index (κ2) is 9.14. The number of carbonyl (C=O) groups excluding carboxylic acids is 1. The molecule has 0 bridgehead atoms. The van der Waals surface area contributed by atoms with E-state index in [0.29, 0.717) is 35.9 Å². The van der Waals surface area contributed by atoms with Crippen LogP contribution in [-0.2, 0) is 6.54 Å². The number of carbonyl (C=O) groups is 1. The van der Waals surface area contributed by atoms with Crippen molar-refractivity contribution in [3.8, 4) is 17.2 Å². The van der Waals surface area contributed by atoms with Crippen LogP contribution in [0.5, 0.6) is 17.2 Å². The molecule has 0 atom stereocenters. The molecule has 2 N–H and O–H groups in total. The maximum atomic E-state index is 12.3. The third-order valence-electron chi connectivity index (χ3n) is 3.39. The van der Waals surface area contributed by atoms with Crippen molar-refractivity contribution in [3.05, 3.63) is 40.1 Å². The topological polar surface area (TPSA) is 68.8 Å².